The Morgan fingerprint density at radius 1 is 0.356 bits per heavy atom. The van der Waals surface area contributed by atoms with E-state index in [0.717, 1.165) is 22.5 Å². The summed E-state index contributed by atoms with van der Waals surface area (Å²) in [5.74, 6) is 2.09. The maximum atomic E-state index is 5.06. The molecule has 210 valence electrons. The molecule has 2 heterocycles. The van der Waals surface area contributed by atoms with Crippen LogP contribution in [0.4, 0.5) is 0 Å². The van der Waals surface area contributed by atoms with Gasteiger partial charge in [-0.2, -0.15) is 0 Å². The molecule has 3 nitrogen and oxygen atoms in total. The molecule has 2 aromatic heterocycles. The molecule has 0 spiro atoms. The molecule has 0 atom stereocenters. The van der Waals surface area contributed by atoms with Gasteiger partial charge in [0.1, 0.15) is 0 Å². The first-order chi connectivity index (χ1) is 22.3. The molecule has 45 heavy (non-hydrogen) atoms. The summed E-state index contributed by atoms with van der Waals surface area (Å²) in [6, 6.07) is 53.7. The quantitative estimate of drug-likeness (QED) is 0.142. The van der Waals surface area contributed by atoms with Crippen LogP contribution in [0.5, 0.6) is 0 Å². The fourth-order valence-corrected chi connectivity index (χ4v) is 8.87. The Hall–Kier alpha value is -5.41. The van der Waals surface area contributed by atoms with Gasteiger partial charge in [-0.3, -0.25) is 0 Å². The molecule has 0 N–H and O–H groups in total. The minimum absolute atomic E-state index is 0.123. The number of fused-ring (bicyclic) bond motifs is 6. The normalized spacial score (nSPS) is 11.6. The molecule has 0 aliphatic heterocycles. The van der Waals surface area contributed by atoms with Gasteiger partial charge in [-0.15, -0.1) is 0 Å². The van der Waals surface area contributed by atoms with Gasteiger partial charge in [-0.1, -0.05) is 0 Å². The zero-order chi connectivity index (χ0) is 29.7. The van der Waals surface area contributed by atoms with E-state index in [0.29, 0.717) is 11.6 Å². The summed E-state index contributed by atoms with van der Waals surface area (Å²) in [6.07, 6.45) is 0. The maximum absolute atomic E-state index is 5.06. The van der Waals surface area contributed by atoms with Crippen molar-refractivity contribution in [2.75, 3.05) is 0 Å². The van der Waals surface area contributed by atoms with E-state index in [1.165, 1.54) is 52.0 Å². The third-order valence-electron chi connectivity index (χ3n) is 8.52. The second-order valence-electron chi connectivity index (χ2n) is 11.2. The van der Waals surface area contributed by atoms with E-state index >= 15 is 0 Å². The standard InChI is InChI=1S/C41H25N3Se/c1-3-12-26(13-4-1)39-42-40(27-14-5-2-6-15-27)44-41(43-39)34-21-11-20-33-36-25-29(22-23-37(36)45-38(33)34)35-24-28-16-7-8-17-30(28)31-18-9-10-19-32(31)35/h1-25H. The van der Waals surface area contributed by atoms with Crippen LogP contribution in [0.25, 0.3) is 86.1 Å². The van der Waals surface area contributed by atoms with Gasteiger partial charge in [-0.05, 0) is 0 Å². The van der Waals surface area contributed by atoms with Crippen LogP contribution in [0.1, 0.15) is 0 Å². The molecule has 4 heteroatoms. The van der Waals surface area contributed by atoms with Crippen molar-refractivity contribution in [2.24, 2.45) is 0 Å². The summed E-state index contributed by atoms with van der Waals surface area (Å²) in [5.41, 5.74) is 5.54. The SMILES string of the molecule is c1ccc(-c2nc(-c3ccccc3)nc(-c3cccc4c3[se]c3ccc(-c5cc6ccccc6c6ccccc56)cc34)n2)cc1. The van der Waals surface area contributed by atoms with Crippen LogP contribution >= 0.6 is 0 Å². The molecular formula is C41H25N3Se. The zero-order valence-corrected chi connectivity index (χ0v) is 25.9. The molecule has 0 bridgehead atoms. The summed E-state index contributed by atoms with van der Waals surface area (Å²) in [6.45, 7) is 0. The van der Waals surface area contributed by atoms with Crippen molar-refractivity contribution in [1.29, 1.82) is 0 Å². The molecule has 9 aromatic rings. The molecular weight excluding hydrogens is 613 g/mol. The fraction of sp³-hybridized carbons (Fsp3) is 0. The number of hydrogen-bond acceptors (Lipinski definition) is 3. The molecule has 0 saturated carbocycles. The van der Waals surface area contributed by atoms with E-state index in [9.17, 15) is 0 Å². The predicted octanol–water partition coefficient (Wildman–Crippen LogP) is 10.2. The van der Waals surface area contributed by atoms with Gasteiger partial charge in [0.05, 0.1) is 0 Å². The molecule has 0 saturated heterocycles. The number of hydrogen-bond donors (Lipinski definition) is 0. The minimum atomic E-state index is 0.123. The van der Waals surface area contributed by atoms with Crippen molar-refractivity contribution in [3.8, 4) is 45.3 Å². The Kier molecular flexibility index (Phi) is 6.15. The number of rotatable bonds is 4. The van der Waals surface area contributed by atoms with E-state index in [1.807, 2.05) is 36.4 Å². The van der Waals surface area contributed by atoms with Gasteiger partial charge >= 0.3 is 267 Å². The van der Waals surface area contributed by atoms with Gasteiger partial charge in [0, 0.05) is 0 Å². The van der Waals surface area contributed by atoms with Crippen LogP contribution in [0, 0.1) is 0 Å². The van der Waals surface area contributed by atoms with E-state index in [4.69, 9.17) is 15.0 Å². The Balaban J connectivity index is 1.25. The van der Waals surface area contributed by atoms with Crippen LogP contribution in [0.15, 0.2) is 152 Å². The molecule has 0 fully saturated rings. The van der Waals surface area contributed by atoms with E-state index in [2.05, 4.69) is 115 Å². The van der Waals surface area contributed by atoms with Crippen molar-refractivity contribution in [1.82, 2.24) is 15.0 Å². The third-order valence-corrected chi connectivity index (χ3v) is 11.1. The second kappa shape index (κ2) is 10.6. The van der Waals surface area contributed by atoms with Crippen molar-refractivity contribution < 1.29 is 0 Å². The average molecular weight is 639 g/mol. The third kappa shape index (κ3) is 4.46. The average Bonchev–Trinajstić information content (AvgIpc) is 3.50. The van der Waals surface area contributed by atoms with Crippen molar-refractivity contribution in [2.45, 2.75) is 0 Å². The fourth-order valence-electron chi connectivity index (χ4n) is 6.36. The van der Waals surface area contributed by atoms with E-state index in [-0.39, 0.29) is 14.5 Å². The molecule has 0 aliphatic rings. The monoisotopic (exact) mass is 639 g/mol. The number of aromatic nitrogens is 3. The molecule has 0 aliphatic carbocycles. The molecule has 0 amide bonds. The van der Waals surface area contributed by atoms with Crippen molar-refractivity contribution >= 4 is 55.3 Å². The van der Waals surface area contributed by atoms with E-state index in [1.54, 1.807) is 0 Å². The summed E-state index contributed by atoms with van der Waals surface area (Å²) < 4.78 is 2.71. The van der Waals surface area contributed by atoms with Crippen LogP contribution in [0.2, 0.25) is 0 Å². The van der Waals surface area contributed by atoms with Gasteiger partial charge < -0.3 is 0 Å². The van der Waals surface area contributed by atoms with Crippen LogP contribution in [-0.4, -0.2) is 29.5 Å². The van der Waals surface area contributed by atoms with Gasteiger partial charge in [0.2, 0.25) is 0 Å². The summed E-state index contributed by atoms with van der Waals surface area (Å²) in [7, 11) is 0. The second-order valence-corrected chi connectivity index (χ2v) is 13.4. The Morgan fingerprint density at radius 2 is 0.956 bits per heavy atom. The number of nitrogens with zero attached hydrogens (tertiary/aromatic N) is 3. The summed E-state index contributed by atoms with van der Waals surface area (Å²) in [5, 5.41) is 7.70. The Bertz CT molecular complexity index is 2480. The van der Waals surface area contributed by atoms with Crippen molar-refractivity contribution in [3.05, 3.63) is 152 Å². The first kappa shape index (κ1) is 26.0. The first-order valence-electron chi connectivity index (χ1n) is 15.0. The predicted molar refractivity (Wildman–Crippen MR) is 189 cm³/mol. The Morgan fingerprint density at radius 3 is 1.69 bits per heavy atom. The Labute approximate surface area is 266 Å². The van der Waals surface area contributed by atoms with Crippen LogP contribution < -0.4 is 0 Å². The molecule has 7 aromatic carbocycles. The van der Waals surface area contributed by atoms with Gasteiger partial charge in [0.25, 0.3) is 0 Å². The van der Waals surface area contributed by atoms with Crippen LogP contribution in [-0.2, 0) is 0 Å². The van der Waals surface area contributed by atoms with Gasteiger partial charge in [0.15, 0.2) is 0 Å². The topological polar surface area (TPSA) is 38.7 Å². The molecule has 0 radical (unpaired) electrons. The first-order valence-corrected chi connectivity index (χ1v) is 16.7. The molecule has 0 unspecified atom stereocenters. The summed E-state index contributed by atoms with van der Waals surface area (Å²) >= 11 is 0.123. The number of benzene rings is 7. The zero-order valence-electron chi connectivity index (χ0n) is 24.2. The summed E-state index contributed by atoms with van der Waals surface area (Å²) in [4.78, 5) is 15.0. The van der Waals surface area contributed by atoms with Crippen LogP contribution in [0.3, 0.4) is 0 Å². The van der Waals surface area contributed by atoms with Crippen molar-refractivity contribution in [3.63, 3.8) is 0 Å². The van der Waals surface area contributed by atoms with E-state index < -0.39 is 0 Å². The van der Waals surface area contributed by atoms with Gasteiger partial charge in [-0.25, -0.2) is 0 Å². The molecule has 9 rings (SSSR count).